The summed E-state index contributed by atoms with van der Waals surface area (Å²) >= 11 is 0. The van der Waals surface area contributed by atoms with Crippen LogP contribution in [-0.4, -0.2) is 29.1 Å². The van der Waals surface area contributed by atoms with Crippen molar-refractivity contribution in [2.75, 3.05) is 13.1 Å². The van der Waals surface area contributed by atoms with Crippen LogP contribution in [0.15, 0.2) is 18.2 Å². The van der Waals surface area contributed by atoms with Crippen molar-refractivity contribution in [3.05, 3.63) is 35.1 Å². The average molecular weight is 249 g/mol. The molecule has 0 aromatic heterocycles. The lowest BCUT2D eigenvalue weighted by molar-refractivity contribution is -0.0413. The summed E-state index contributed by atoms with van der Waals surface area (Å²) in [5.74, 6) is -0.224. The molecule has 3 heteroatoms. The van der Waals surface area contributed by atoms with E-state index in [0.29, 0.717) is 6.04 Å². The van der Waals surface area contributed by atoms with Crippen LogP contribution in [0.2, 0.25) is 0 Å². The molecule has 2 nitrogen and oxygen atoms in total. The van der Waals surface area contributed by atoms with Crippen LogP contribution < -0.4 is 0 Å². The number of aryl methyl sites for hydroxylation is 1. The Morgan fingerprint density at radius 2 is 2.22 bits per heavy atom. The molecule has 0 bridgehead atoms. The lowest BCUT2D eigenvalue weighted by Crippen LogP contribution is -2.46. The monoisotopic (exact) mass is 249 g/mol. The second-order valence-electron chi connectivity index (χ2n) is 5.78. The molecule has 2 aliphatic rings. The maximum Gasteiger partial charge on any atom is 0.123 e. The molecule has 2 atom stereocenters. The van der Waals surface area contributed by atoms with E-state index in [-0.39, 0.29) is 5.82 Å². The molecule has 1 aromatic carbocycles. The summed E-state index contributed by atoms with van der Waals surface area (Å²) in [5.41, 5.74) is 1.02. The van der Waals surface area contributed by atoms with Gasteiger partial charge in [0.15, 0.2) is 0 Å². The van der Waals surface area contributed by atoms with Crippen LogP contribution in [0.5, 0.6) is 0 Å². The molecule has 2 heterocycles. The third-order valence-corrected chi connectivity index (χ3v) is 4.57. The number of halogens is 1. The van der Waals surface area contributed by atoms with Gasteiger partial charge in [0.25, 0.3) is 0 Å². The minimum atomic E-state index is -0.761. The molecule has 1 N–H and O–H groups in total. The smallest absolute Gasteiger partial charge is 0.123 e. The molecule has 0 spiro atoms. The predicted molar refractivity (Wildman–Crippen MR) is 68.9 cm³/mol. The normalized spacial score (nSPS) is 32.5. The highest BCUT2D eigenvalue weighted by molar-refractivity contribution is 5.32. The van der Waals surface area contributed by atoms with Gasteiger partial charge in [-0.25, -0.2) is 4.39 Å². The molecule has 0 aliphatic carbocycles. The fourth-order valence-corrected chi connectivity index (χ4v) is 3.63. The molecule has 18 heavy (non-hydrogen) atoms. The Morgan fingerprint density at radius 3 is 3.00 bits per heavy atom. The van der Waals surface area contributed by atoms with Crippen molar-refractivity contribution in [3.63, 3.8) is 0 Å². The van der Waals surface area contributed by atoms with Gasteiger partial charge in [-0.3, -0.25) is 0 Å². The van der Waals surface area contributed by atoms with Crippen LogP contribution in [0.1, 0.15) is 36.8 Å². The molecule has 2 fully saturated rings. The Kier molecular flexibility index (Phi) is 2.91. The minimum absolute atomic E-state index is 0.224. The van der Waals surface area contributed by atoms with Crippen molar-refractivity contribution in [2.24, 2.45) is 0 Å². The molecular weight excluding hydrogens is 229 g/mol. The van der Waals surface area contributed by atoms with Crippen LogP contribution >= 0.6 is 0 Å². The van der Waals surface area contributed by atoms with E-state index in [0.717, 1.165) is 30.5 Å². The molecule has 2 unspecified atom stereocenters. The zero-order valence-corrected chi connectivity index (χ0v) is 10.8. The summed E-state index contributed by atoms with van der Waals surface area (Å²) in [6, 6.07) is 5.25. The summed E-state index contributed by atoms with van der Waals surface area (Å²) in [6.45, 7) is 4.01. The molecule has 2 aliphatic heterocycles. The Labute approximate surface area is 107 Å². The van der Waals surface area contributed by atoms with E-state index in [4.69, 9.17) is 0 Å². The van der Waals surface area contributed by atoms with E-state index in [1.54, 1.807) is 6.07 Å². The molecule has 1 aromatic rings. The number of nitrogens with zero attached hydrogens (tertiary/aromatic N) is 1. The van der Waals surface area contributed by atoms with E-state index in [2.05, 4.69) is 4.90 Å². The zero-order chi connectivity index (χ0) is 12.8. The maximum absolute atomic E-state index is 13.2. The zero-order valence-electron chi connectivity index (χ0n) is 10.8. The Hall–Kier alpha value is -0.930. The fourth-order valence-electron chi connectivity index (χ4n) is 3.63. The molecule has 2 saturated heterocycles. The van der Waals surface area contributed by atoms with Crippen molar-refractivity contribution in [2.45, 2.75) is 44.2 Å². The first kappa shape index (κ1) is 12.1. The first-order valence-electron chi connectivity index (χ1n) is 6.81. The van der Waals surface area contributed by atoms with E-state index in [1.807, 2.05) is 6.92 Å². The van der Waals surface area contributed by atoms with Gasteiger partial charge in [-0.05, 0) is 62.4 Å². The molecular formula is C15H20FNO. The van der Waals surface area contributed by atoms with Crippen molar-refractivity contribution < 1.29 is 9.50 Å². The number of rotatable bonds is 1. The van der Waals surface area contributed by atoms with E-state index < -0.39 is 5.60 Å². The highest BCUT2D eigenvalue weighted by Crippen LogP contribution is 2.40. The molecule has 0 radical (unpaired) electrons. The highest BCUT2D eigenvalue weighted by Gasteiger charge is 2.41. The SMILES string of the molecule is Cc1cc(F)ccc1C1(O)CCN2CCCC2C1. The van der Waals surface area contributed by atoms with Gasteiger partial charge in [-0.15, -0.1) is 0 Å². The Morgan fingerprint density at radius 1 is 1.39 bits per heavy atom. The van der Waals surface area contributed by atoms with Crippen molar-refractivity contribution in [1.29, 1.82) is 0 Å². The topological polar surface area (TPSA) is 23.5 Å². The number of piperidine rings is 1. The van der Waals surface area contributed by atoms with Crippen LogP contribution in [0.3, 0.4) is 0 Å². The Balaban J connectivity index is 1.90. The second-order valence-corrected chi connectivity index (χ2v) is 5.78. The molecule has 98 valence electrons. The Bertz CT molecular complexity index is 462. The van der Waals surface area contributed by atoms with Crippen LogP contribution in [0, 0.1) is 12.7 Å². The number of hydrogen-bond acceptors (Lipinski definition) is 2. The number of fused-ring (bicyclic) bond motifs is 1. The summed E-state index contributed by atoms with van der Waals surface area (Å²) in [4.78, 5) is 2.48. The fraction of sp³-hybridized carbons (Fsp3) is 0.600. The maximum atomic E-state index is 13.2. The summed E-state index contributed by atoms with van der Waals surface area (Å²) < 4.78 is 13.2. The van der Waals surface area contributed by atoms with Crippen LogP contribution in [0.4, 0.5) is 4.39 Å². The summed E-state index contributed by atoms with van der Waals surface area (Å²) in [7, 11) is 0. The third-order valence-electron chi connectivity index (χ3n) is 4.57. The van der Waals surface area contributed by atoms with E-state index in [9.17, 15) is 9.50 Å². The van der Waals surface area contributed by atoms with Crippen LogP contribution in [0.25, 0.3) is 0 Å². The summed E-state index contributed by atoms with van der Waals surface area (Å²) in [5, 5.41) is 10.9. The van der Waals surface area contributed by atoms with Crippen molar-refractivity contribution >= 4 is 0 Å². The van der Waals surface area contributed by atoms with Gasteiger partial charge in [0, 0.05) is 12.6 Å². The van der Waals surface area contributed by atoms with Gasteiger partial charge in [-0.2, -0.15) is 0 Å². The molecule has 0 saturated carbocycles. The van der Waals surface area contributed by atoms with Gasteiger partial charge < -0.3 is 10.0 Å². The first-order valence-corrected chi connectivity index (χ1v) is 6.81. The highest BCUT2D eigenvalue weighted by atomic mass is 19.1. The van der Waals surface area contributed by atoms with Crippen molar-refractivity contribution in [3.8, 4) is 0 Å². The van der Waals surface area contributed by atoms with Gasteiger partial charge >= 0.3 is 0 Å². The standard InChI is InChI=1S/C15H20FNO/c1-11-9-12(16)4-5-14(11)15(18)6-8-17-7-2-3-13(17)10-15/h4-5,9,13,18H,2-3,6-8,10H2,1H3. The third kappa shape index (κ3) is 1.95. The number of hydrogen-bond donors (Lipinski definition) is 1. The van der Waals surface area contributed by atoms with Gasteiger partial charge in [0.2, 0.25) is 0 Å². The second kappa shape index (κ2) is 4.32. The largest absolute Gasteiger partial charge is 0.385 e. The lowest BCUT2D eigenvalue weighted by atomic mass is 9.79. The van der Waals surface area contributed by atoms with Crippen molar-refractivity contribution in [1.82, 2.24) is 4.90 Å². The van der Waals surface area contributed by atoms with Gasteiger partial charge in [0.1, 0.15) is 5.82 Å². The number of aliphatic hydroxyl groups is 1. The van der Waals surface area contributed by atoms with E-state index in [1.165, 1.54) is 31.5 Å². The molecule has 3 rings (SSSR count). The minimum Gasteiger partial charge on any atom is -0.385 e. The first-order chi connectivity index (χ1) is 8.58. The van der Waals surface area contributed by atoms with E-state index >= 15 is 0 Å². The predicted octanol–water partition coefficient (Wildman–Crippen LogP) is 2.58. The average Bonchev–Trinajstić information content (AvgIpc) is 2.75. The van der Waals surface area contributed by atoms with Gasteiger partial charge in [0.05, 0.1) is 5.60 Å². The summed E-state index contributed by atoms with van der Waals surface area (Å²) in [6.07, 6.45) is 3.97. The van der Waals surface area contributed by atoms with Gasteiger partial charge in [-0.1, -0.05) is 6.07 Å². The quantitative estimate of drug-likeness (QED) is 0.827. The molecule has 0 amide bonds. The number of benzene rings is 1. The van der Waals surface area contributed by atoms with Crippen LogP contribution in [-0.2, 0) is 5.60 Å². The lowest BCUT2D eigenvalue weighted by Gasteiger charge is -2.41.